The van der Waals surface area contributed by atoms with Crippen molar-refractivity contribution in [1.82, 2.24) is 9.88 Å². The third-order valence-electron chi connectivity index (χ3n) is 1.59. The number of hydrogen-bond acceptors (Lipinski definition) is 3. The van der Waals surface area contributed by atoms with Gasteiger partial charge >= 0.3 is 0 Å². The molecule has 0 aliphatic carbocycles. The number of likely N-dealkylation sites (N-methyl/N-ethyl adjacent to an activating group) is 1. The largest absolute Gasteiger partial charge is 0.302 e. The summed E-state index contributed by atoms with van der Waals surface area (Å²) in [6.45, 7) is 5.27. The van der Waals surface area contributed by atoms with Gasteiger partial charge in [0.1, 0.15) is 6.29 Å². The van der Waals surface area contributed by atoms with Crippen molar-refractivity contribution in [2.24, 2.45) is 0 Å². The van der Waals surface area contributed by atoms with Crippen LogP contribution < -0.4 is 0 Å². The Hall–Kier alpha value is -1.22. The van der Waals surface area contributed by atoms with Crippen molar-refractivity contribution in [2.75, 3.05) is 13.6 Å². The van der Waals surface area contributed by atoms with Crippen LogP contribution in [0, 0.1) is 0 Å². The Morgan fingerprint density at radius 3 is 2.43 bits per heavy atom. The SMILES string of the molecule is CC.CN(CC=O)Cc1ccncc1. The van der Waals surface area contributed by atoms with Crippen LogP contribution >= 0.6 is 0 Å². The Kier molecular flexibility index (Phi) is 7.65. The molecule has 0 N–H and O–H groups in total. The van der Waals surface area contributed by atoms with E-state index in [1.807, 2.05) is 37.9 Å². The van der Waals surface area contributed by atoms with Gasteiger partial charge in [0.05, 0.1) is 6.54 Å². The molecule has 0 amide bonds. The summed E-state index contributed by atoms with van der Waals surface area (Å²) in [6.07, 6.45) is 4.41. The van der Waals surface area contributed by atoms with E-state index in [1.54, 1.807) is 12.4 Å². The Labute approximate surface area is 85.8 Å². The minimum Gasteiger partial charge on any atom is -0.302 e. The van der Waals surface area contributed by atoms with E-state index < -0.39 is 0 Å². The lowest BCUT2D eigenvalue weighted by atomic mass is 10.2. The van der Waals surface area contributed by atoms with Crippen LogP contribution in [0.4, 0.5) is 0 Å². The number of nitrogens with zero attached hydrogens (tertiary/aromatic N) is 2. The van der Waals surface area contributed by atoms with Crippen LogP contribution in [0.25, 0.3) is 0 Å². The van der Waals surface area contributed by atoms with Gasteiger partial charge in [0.2, 0.25) is 0 Å². The van der Waals surface area contributed by atoms with Gasteiger partial charge in [0, 0.05) is 18.9 Å². The molecule has 78 valence electrons. The molecule has 1 heterocycles. The zero-order valence-corrected chi connectivity index (χ0v) is 9.10. The monoisotopic (exact) mass is 194 g/mol. The molecule has 0 saturated carbocycles. The van der Waals surface area contributed by atoms with Gasteiger partial charge in [-0.25, -0.2) is 0 Å². The molecule has 0 radical (unpaired) electrons. The maximum atomic E-state index is 10.2. The molecule has 3 heteroatoms. The van der Waals surface area contributed by atoms with Crippen LogP contribution in [0.15, 0.2) is 24.5 Å². The summed E-state index contributed by atoms with van der Waals surface area (Å²) in [5, 5.41) is 0. The summed E-state index contributed by atoms with van der Waals surface area (Å²) >= 11 is 0. The van der Waals surface area contributed by atoms with Crippen LogP contribution in [0.5, 0.6) is 0 Å². The van der Waals surface area contributed by atoms with E-state index in [0.29, 0.717) is 6.54 Å². The highest BCUT2D eigenvalue weighted by Gasteiger charge is 1.97. The van der Waals surface area contributed by atoms with Gasteiger partial charge in [-0.2, -0.15) is 0 Å². The molecule has 0 saturated heterocycles. The van der Waals surface area contributed by atoms with Crippen molar-refractivity contribution in [3.8, 4) is 0 Å². The molecule has 1 rings (SSSR count). The molecular formula is C11H18N2O. The van der Waals surface area contributed by atoms with Crippen LogP contribution in [-0.4, -0.2) is 29.8 Å². The number of hydrogen-bond donors (Lipinski definition) is 0. The molecule has 0 atom stereocenters. The second kappa shape index (κ2) is 8.38. The second-order valence-corrected chi connectivity index (χ2v) is 2.72. The first-order valence-electron chi connectivity index (χ1n) is 4.84. The van der Waals surface area contributed by atoms with Gasteiger partial charge < -0.3 is 4.79 Å². The van der Waals surface area contributed by atoms with E-state index in [4.69, 9.17) is 0 Å². The minimum absolute atomic E-state index is 0.475. The molecular weight excluding hydrogens is 176 g/mol. The Morgan fingerprint density at radius 2 is 1.93 bits per heavy atom. The van der Waals surface area contributed by atoms with Crippen LogP contribution in [0.2, 0.25) is 0 Å². The number of aromatic nitrogens is 1. The van der Waals surface area contributed by atoms with Crippen molar-refractivity contribution in [3.05, 3.63) is 30.1 Å². The van der Waals surface area contributed by atoms with Gasteiger partial charge in [-0.3, -0.25) is 9.88 Å². The molecule has 3 nitrogen and oxygen atoms in total. The lowest BCUT2D eigenvalue weighted by molar-refractivity contribution is -0.108. The average Bonchev–Trinajstić information content (AvgIpc) is 2.22. The molecule has 1 aromatic rings. The van der Waals surface area contributed by atoms with E-state index >= 15 is 0 Å². The molecule has 1 aromatic heterocycles. The predicted octanol–water partition coefficient (Wildman–Crippen LogP) is 1.74. The van der Waals surface area contributed by atoms with Crippen molar-refractivity contribution >= 4 is 6.29 Å². The fourth-order valence-corrected chi connectivity index (χ4v) is 0.992. The predicted molar refractivity (Wildman–Crippen MR) is 58.0 cm³/mol. The quantitative estimate of drug-likeness (QED) is 0.684. The Morgan fingerprint density at radius 1 is 1.36 bits per heavy atom. The number of carbonyl (C=O) groups is 1. The van der Waals surface area contributed by atoms with Gasteiger partial charge in [-0.15, -0.1) is 0 Å². The zero-order chi connectivity index (χ0) is 10.8. The molecule has 0 aliphatic rings. The van der Waals surface area contributed by atoms with E-state index in [1.165, 1.54) is 5.56 Å². The van der Waals surface area contributed by atoms with Crippen LogP contribution in [0.1, 0.15) is 19.4 Å². The van der Waals surface area contributed by atoms with Gasteiger partial charge in [-0.1, -0.05) is 13.8 Å². The molecule has 14 heavy (non-hydrogen) atoms. The summed E-state index contributed by atoms with van der Waals surface area (Å²) in [6, 6.07) is 3.89. The molecule has 0 unspecified atom stereocenters. The normalized spacial score (nSPS) is 9.14. The Bertz CT molecular complexity index is 236. The first-order valence-corrected chi connectivity index (χ1v) is 4.84. The molecule has 0 aliphatic heterocycles. The maximum Gasteiger partial charge on any atom is 0.133 e. The van der Waals surface area contributed by atoms with Gasteiger partial charge in [0.25, 0.3) is 0 Å². The Balaban J connectivity index is 0.000000791. The highest BCUT2D eigenvalue weighted by atomic mass is 16.1. The summed E-state index contributed by atoms with van der Waals surface area (Å²) in [7, 11) is 1.91. The summed E-state index contributed by atoms with van der Waals surface area (Å²) in [4.78, 5) is 16.0. The standard InChI is InChI=1S/C9H12N2O.C2H6/c1-11(6-7-12)8-9-2-4-10-5-3-9;1-2/h2-5,7H,6,8H2,1H3;1-2H3. The summed E-state index contributed by atoms with van der Waals surface area (Å²) in [5.41, 5.74) is 1.18. The summed E-state index contributed by atoms with van der Waals surface area (Å²) < 4.78 is 0. The maximum absolute atomic E-state index is 10.2. The lowest BCUT2D eigenvalue weighted by Crippen LogP contribution is -2.19. The topological polar surface area (TPSA) is 33.2 Å². The summed E-state index contributed by atoms with van der Waals surface area (Å²) in [5.74, 6) is 0. The van der Waals surface area contributed by atoms with Crippen LogP contribution in [-0.2, 0) is 11.3 Å². The van der Waals surface area contributed by atoms with Crippen molar-refractivity contribution in [3.63, 3.8) is 0 Å². The number of aldehydes is 1. The van der Waals surface area contributed by atoms with E-state index in [2.05, 4.69) is 4.98 Å². The zero-order valence-electron chi connectivity index (χ0n) is 9.10. The van der Waals surface area contributed by atoms with Crippen molar-refractivity contribution in [2.45, 2.75) is 20.4 Å². The number of pyridine rings is 1. The highest BCUT2D eigenvalue weighted by molar-refractivity contribution is 5.51. The average molecular weight is 194 g/mol. The molecule has 0 fully saturated rings. The van der Waals surface area contributed by atoms with Gasteiger partial charge in [-0.05, 0) is 24.7 Å². The van der Waals surface area contributed by atoms with E-state index in [9.17, 15) is 4.79 Å². The van der Waals surface area contributed by atoms with Gasteiger partial charge in [0.15, 0.2) is 0 Å². The lowest BCUT2D eigenvalue weighted by Gasteiger charge is -2.11. The third-order valence-corrected chi connectivity index (χ3v) is 1.59. The third kappa shape index (κ3) is 5.43. The van der Waals surface area contributed by atoms with Crippen molar-refractivity contribution in [1.29, 1.82) is 0 Å². The van der Waals surface area contributed by atoms with Crippen LogP contribution in [0.3, 0.4) is 0 Å². The first-order chi connectivity index (χ1) is 6.83. The second-order valence-electron chi connectivity index (χ2n) is 2.72. The fourth-order valence-electron chi connectivity index (χ4n) is 0.992. The smallest absolute Gasteiger partial charge is 0.133 e. The first kappa shape index (κ1) is 12.8. The molecule has 0 aromatic carbocycles. The molecule has 0 bridgehead atoms. The van der Waals surface area contributed by atoms with E-state index in [-0.39, 0.29) is 0 Å². The minimum atomic E-state index is 0.475. The molecule has 0 spiro atoms. The number of rotatable bonds is 4. The van der Waals surface area contributed by atoms with E-state index in [0.717, 1.165) is 12.8 Å². The highest BCUT2D eigenvalue weighted by Crippen LogP contribution is 1.99. The van der Waals surface area contributed by atoms with Crippen molar-refractivity contribution < 1.29 is 4.79 Å². The number of carbonyl (C=O) groups excluding carboxylic acids is 1. The fraction of sp³-hybridized carbons (Fsp3) is 0.455.